The van der Waals surface area contributed by atoms with E-state index >= 15 is 0 Å². The van der Waals surface area contributed by atoms with Crippen molar-refractivity contribution in [2.75, 3.05) is 47.5 Å². The van der Waals surface area contributed by atoms with E-state index in [0.717, 1.165) is 57.8 Å². The summed E-state index contributed by atoms with van der Waals surface area (Å²) < 4.78 is 40.2. The molecule has 1 N–H and O–H groups in total. The van der Waals surface area contributed by atoms with E-state index in [0.29, 0.717) is 29.7 Å². The lowest BCUT2D eigenvalue weighted by Gasteiger charge is -2.24. The maximum atomic E-state index is 12.8. The van der Waals surface area contributed by atoms with Gasteiger partial charge in [0.2, 0.25) is 0 Å². The first kappa shape index (κ1) is 57.7. The Kier molecular flexibility index (Phi) is 37.0. The summed E-state index contributed by atoms with van der Waals surface area (Å²) in [5.41, 5.74) is 0. The van der Waals surface area contributed by atoms with Crippen molar-refractivity contribution in [2.24, 2.45) is 0 Å². The Balaban J connectivity index is 2.19. The number of carbonyl (C=O) groups is 2. The van der Waals surface area contributed by atoms with Gasteiger partial charge in [0, 0.05) is 12.8 Å². The van der Waals surface area contributed by atoms with Crippen molar-refractivity contribution in [3.8, 4) is 0 Å². The summed E-state index contributed by atoms with van der Waals surface area (Å²) in [6.45, 7) is 4.41. The number of ether oxygens (including phenoxy) is 3. The Morgan fingerprint density at radius 1 is 0.590 bits per heavy atom. The molecule has 11 heteroatoms. The van der Waals surface area contributed by atoms with Crippen LogP contribution in [0.4, 0.5) is 0 Å². The highest BCUT2D eigenvalue weighted by Crippen LogP contribution is 2.43. The zero-order chi connectivity index (χ0) is 44.7. The summed E-state index contributed by atoms with van der Waals surface area (Å²) in [4.78, 5) is 35.5. The summed E-state index contributed by atoms with van der Waals surface area (Å²) in [5, 5.41) is 0. The average Bonchev–Trinajstić information content (AvgIpc) is 3.97. The molecular formula is C50H97NO9P+. The number of esters is 2. The number of epoxide rings is 1. The van der Waals surface area contributed by atoms with Gasteiger partial charge in [-0.25, -0.2) is 4.57 Å². The third-order valence-electron chi connectivity index (χ3n) is 11.7. The average molecular weight is 887 g/mol. The zero-order valence-corrected chi connectivity index (χ0v) is 41.3. The number of rotatable bonds is 46. The SMILES string of the molecule is CCCCCCCCCCCCCCCCCCCCCCCC(=O)O[C@H](COC(=O)CCCCCCC/C=C\CC1OC1CCCCC)COP(=O)(O)OCC[N+](C)(C)C. The van der Waals surface area contributed by atoms with Gasteiger partial charge in [-0.3, -0.25) is 18.6 Å². The highest BCUT2D eigenvalue weighted by Gasteiger charge is 2.36. The minimum absolute atomic E-state index is 0.0301. The second kappa shape index (κ2) is 39.1. The number of likely N-dealkylation sites (N-methyl/N-ethyl adjacent to an activating group) is 1. The third-order valence-corrected chi connectivity index (χ3v) is 12.7. The van der Waals surface area contributed by atoms with Gasteiger partial charge in [0.1, 0.15) is 19.8 Å². The molecule has 0 spiro atoms. The molecule has 0 aromatic carbocycles. The van der Waals surface area contributed by atoms with E-state index in [1.54, 1.807) is 0 Å². The molecule has 10 nitrogen and oxygen atoms in total. The Hall–Kier alpha value is -1.29. The van der Waals surface area contributed by atoms with Crippen LogP contribution in [0.3, 0.4) is 0 Å². The molecule has 1 saturated heterocycles. The van der Waals surface area contributed by atoms with Crippen molar-refractivity contribution in [2.45, 2.75) is 250 Å². The minimum atomic E-state index is -4.38. The molecule has 3 unspecified atom stereocenters. The number of hydrogen-bond acceptors (Lipinski definition) is 8. The fraction of sp³-hybridized carbons (Fsp3) is 0.920. The van der Waals surface area contributed by atoms with Gasteiger partial charge in [0.25, 0.3) is 0 Å². The van der Waals surface area contributed by atoms with Crippen LogP contribution in [-0.4, -0.2) is 87.1 Å². The molecule has 1 aliphatic rings. The number of nitrogens with zero attached hydrogens (tertiary/aromatic N) is 1. The van der Waals surface area contributed by atoms with E-state index in [2.05, 4.69) is 26.0 Å². The lowest BCUT2D eigenvalue weighted by atomic mass is 10.0. The first-order chi connectivity index (χ1) is 29.5. The Morgan fingerprint density at radius 3 is 1.56 bits per heavy atom. The predicted molar refractivity (Wildman–Crippen MR) is 252 cm³/mol. The zero-order valence-electron chi connectivity index (χ0n) is 40.4. The van der Waals surface area contributed by atoms with Crippen LogP contribution < -0.4 is 0 Å². The van der Waals surface area contributed by atoms with Gasteiger partial charge in [-0.15, -0.1) is 0 Å². The topological polar surface area (TPSA) is 121 Å². The van der Waals surface area contributed by atoms with Crippen molar-refractivity contribution in [3.05, 3.63) is 12.2 Å². The second-order valence-corrected chi connectivity index (χ2v) is 20.4. The van der Waals surface area contributed by atoms with Crippen LogP contribution in [0.15, 0.2) is 12.2 Å². The quantitative estimate of drug-likeness (QED) is 0.0159. The van der Waals surface area contributed by atoms with Gasteiger partial charge >= 0.3 is 19.8 Å². The van der Waals surface area contributed by atoms with E-state index < -0.39 is 26.5 Å². The summed E-state index contributed by atoms with van der Waals surface area (Å²) in [6, 6.07) is 0. The lowest BCUT2D eigenvalue weighted by molar-refractivity contribution is -0.870. The van der Waals surface area contributed by atoms with Gasteiger partial charge in [0.15, 0.2) is 6.10 Å². The van der Waals surface area contributed by atoms with Gasteiger partial charge in [0.05, 0.1) is 40.0 Å². The van der Waals surface area contributed by atoms with Crippen molar-refractivity contribution in [1.82, 2.24) is 0 Å². The monoisotopic (exact) mass is 887 g/mol. The second-order valence-electron chi connectivity index (χ2n) is 18.9. The van der Waals surface area contributed by atoms with Gasteiger partial charge in [-0.2, -0.15) is 0 Å². The summed E-state index contributed by atoms with van der Waals surface area (Å²) in [5.74, 6) is -0.807. The molecule has 1 fully saturated rings. The van der Waals surface area contributed by atoms with E-state index in [-0.39, 0.29) is 32.0 Å². The fourth-order valence-corrected chi connectivity index (χ4v) is 8.35. The molecule has 0 bridgehead atoms. The number of unbranched alkanes of at least 4 members (excludes halogenated alkanes) is 27. The molecule has 61 heavy (non-hydrogen) atoms. The molecule has 0 aromatic heterocycles. The van der Waals surface area contributed by atoms with Crippen LogP contribution in [-0.2, 0) is 37.4 Å². The summed E-state index contributed by atoms with van der Waals surface area (Å²) in [7, 11) is 1.47. The molecule has 0 amide bonds. The lowest BCUT2D eigenvalue weighted by Crippen LogP contribution is -2.37. The van der Waals surface area contributed by atoms with Crippen LogP contribution in [0, 0.1) is 0 Å². The number of carbonyl (C=O) groups excluding carboxylic acids is 2. The summed E-state index contributed by atoms with van der Waals surface area (Å²) in [6.07, 6.45) is 44.3. The highest BCUT2D eigenvalue weighted by molar-refractivity contribution is 7.47. The minimum Gasteiger partial charge on any atom is -0.462 e. The number of phosphoric acid groups is 1. The molecule has 0 aromatic rings. The first-order valence-electron chi connectivity index (χ1n) is 25.5. The van der Waals surface area contributed by atoms with Gasteiger partial charge in [-0.1, -0.05) is 193 Å². The molecule has 1 rings (SSSR count). The van der Waals surface area contributed by atoms with E-state index in [1.165, 1.54) is 141 Å². The number of quaternary nitrogens is 1. The van der Waals surface area contributed by atoms with Crippen molar-refractivity contribution in [3.63, 3.8) is 0 Å². The maximum Gasteiger partial charge on any atom is 0.472 e. The van der Waals surface area contributed by atoms with E-state index in [4.69, 9.17) is 23.3 Å². The van der Waals surface area contributed by atoms with Gasteiger partial charge in [-0.05, 0) is 38.5 Å². The normalized spacial score (nSPS) is 16.8. The van der Waals surface area contributed by atoms with Gasteiger partial charge < -0.3 is 23.6 Å². The van der Waals surface area contributed by atoms with Crippen LogP contribution in [0.1, 0.15) is 232 Å². The smallest absolute Gasteiger partial charge is 0.462 e. The molecule has 4 atom stereocenters. The number of allylic oxidation sites excluding steroid dienone is 1. The molecular weight excluding hydrogens is 790 g/mol. The molecule has 0 aliphatic carbocycles. The number of hydrogen-bond donors (Lipinski definition) is 1. The predicted octanol–water partition coefficient (Wildman–Crippen LogP) is 13.9. The maximum absolute atomic E-state index is 12.8. The fourth-order valence-electron chi connectivity index (χ4n) is 7.61. The Bertz CT molecular complexity index is 1110. The van der Waals surface area contributed by atoms with Crippen LogP contribution >= 0.6 is 7.82 Å². The van der Waals surface area contributed by atoms with Crippen molar-refractivity contribution >= 4 is 19.8 Å². The molecule has 0 saturated carbocycles. The molecule has 1 heterocycles. The van der Waals surface area contributed by atoms with Crippen LogP contribution in [0.2, 0.25) is 0 Å². The molecule has 0 radical (unpaired) electrons. The molecule has 1 aliphatic heterocycles. The summed E-state index contributed by atoms with van der Waals surface area (Å²) >= 11 is 0. The number of phosphoric ester groups is 1. The molecule has 360 valence electrons. The van der Waals surface area contributed by atoms with Crippen molar-refractivity contribution < 1.29 is 46.8 Å². The van der Waals surface area contributed by atoms with Crippen molar-refractivity contribution in [1.29, 1.82) is 0 Å². The standard InChI is InChI=1S/C50H96NO9P/c1-6-8-10-11-12-13-14-15-16-17-18-19-20-21-22-23-24-25-30-33-37-41-50(53)59-46(45-58-61(54,55)57-43-42-51(3,4)5)44-56-49(52)40-36-32-29-27-26-28-31-35-39-48-47(60-48)38-34-9-7-2/h31,35,46-48H,6-30,32-34,36-45H2,1-5H3/p+1/b35-31-/t46-,47?,48?/m1/s1. The van der Waals surface area contributed by atoms with Crippen LogP contribution in [0.25, 0.3) is 0 Å². The Morgan fingerprint density at radius 2 is 1.05 bits per heavy atom. The van der Waals surface area contributed by atoms with Crippen LogP contribution in [0.5, 0.6) is 0 Å². The van der Waals surface area contributed by atoms with E-state index in [9.17, 15) is 19.0 Å². The Labute approximate surface area is 375 Å². The van der Waals surface area contributed by atoms with E-state index in [1.807, 2.05) is 21.1 Å². The third kappa shape index (κ3) is 40.0. The first-order valence-corrected chi connectivity index (χ1v) is 27.0. The highest BCUT2D eigenvalue weighted by atomic mass is 31.2. The largest absolute Gasteiger partial charge is 0.472 e.